The molecule has 0 unspecified atom stereocenters. The van der Waals surface area contributed by atoms with Crippen molar-refractivity contribution in [2.75, 3.05) is 5.32 Å². The predicted octanol–water partition coefficient (Wildman–Crippen LogP) is 0.465. The first kappa shape index (κ1) is 18.4. The summed E-state index contributed by atoms with van der Waals surface area (Å²) in [5.74, 6) is -1.94. The third-order valence-electron chi connectivity index (χ3n) is 5.44. The molecule has 1 aromatic rings. The van der Waals surface area contributed by atoms with E-state index in [0.717, 1.165) is 0 Å². The minimum atomic E-state index is -3.79. The Morgan fingerprint density at radius 1 is 1.21 bits per heavy atom. The third kappa shape index (κ3) is 3.03. The van der Waals surface area contributed by atoms with Crippen LogP contribution in [0.2, 0.25) is 0 Å². The summed E-state index contributed by atoms with van der Waals surface area (Å²) < 4.78 is 22.4. The summed E-state index contributed by atoms with van der Waals surface area (Å²) in [6, 6.07) is 5.49. The van der Waals surface area contributed by atoms with E-state index < -0.39 is 32.7 Å². The summed E-state index contributed by atoms with van der Waals surface area (Å²) >= 11 is 0. The van der Waals surface area contributed by atoms with Crippen molar-refractivity contribution in [3.63, 3.8) is 0 Å². The number of sulfonamides is 1. The van der Waals surface area contributed by atoms with Crippen molar-refractivity contribution in [3.8, 4) is 0 Å². The van der Waals surface area contributed by atoms with Gasteiger partial charge in [0.2, 0.25) is 15.9 Å². The molecule has 3 N–H and O–H groups in total. The molecule has 0 heterocycles. The van der Waals surface area contributed by atoms with Crippen molar-refractivity contribution in [1.82, 2.24) is 0 Å². The Labute approximate surface area is 141 Å². The Hall–Kier alpha value is -1.93. The largest absolute Gasteiger partial charge is 0.550 e. The van der Waals surface area contributed by atoms with Crippen LogP contribution in [0.4, 0.5) is 5.69 Å². The van der Waals surface area contributed by atoms with Gasteiger partial charge >= 0.3 is 0 Å². The normalized spacial score (nSPS) is 26.1. The van der Waals surface area contributed by atoms with Gasteiger partial charge in [0.1, 0.15) is 0 Å². The molecule has 132 valence electrons. The predicted molar refractivity (Wildman–Crippen MR) is 86.1 cm³/mol. The molecule has 0 bridgehead atoms. The monoisotopic (exact) mass is 353 g/mol. The van der Waals surface area contributed by atoms with Crippen LogP contribution in [0, 0.1) is 16.7 Å². The number of nitrogens with one attached hydrogen (secondary N) is 1. The second-order valence-corrected chi connectivity index (χ2v) is 8.55. The fraction of sp³-hybridized carbons (Fsp3) is 0.500. The number of hydrogen-bond acceptors (Lipinski definition) is 5. The van der Waals surface area contributed by atoms with Crippen LogP contribution in [0.5, 0.6) is 0 Å². The third-order valence-corrected chi connectivity index (χ3v) is 6.37. The lowest BCUT2D eigenvalue weighted by Gasteiger charge is -2.41. The number of primary sulfonamides is 1. The lowest BCUT2D eigenvalue weighted by Crippen LogP contribution is -2.49. The number of anilines is 1. The molecular weight excluding hydrogens is 332 g/mol. The fourth-order valence-corrected chi connectivity index (χ4v) is 3.80. The smallest absolute Gasteiger partial charge is 0.238 e. The Morgan fingerprint density at radius 2 is 1.75 bits per heavy atom. The number of aliphatic carboxylic acids is 1. The average Bonchev–Trinajstić information content (AvgIpc) is 2.70. The molecule has 8 heteroatoms. The minimum absolute atomic E-state index is 0.0498. The first-order chi connectivity index (χ1) is 10.9. The van der Waals surface area contributed by atoms with Gasteiger partial charge in [0.25, 0.3) is 0 Å². The van der Waals surface area contributed by atoms with Crippen LogP contribution in [0.15, 0.2) is 29.2 Å². The molecule has 1 fully saturated rings. The molecule has 2 atom stereocenters. The van der Waals surface area contributed by atoms with Crippen LogP contribution >= 0.6 is 0 Å². The summed E-state index contributed by atoms with van der Waals surface area (Å²) in [6.07, 6.45) is 0.809. The molecule has 24 heavy (non-hydrogen) atoms. The van der Waals surface area contributed by atoms with Gasteiger partial charge in [-0.1, -0.05) is 20.8 Å². The number of hydrogen-bond donors (Lipinski definition) is 2. The number of rotatable bonds is 4. The van der Waals surface area contributed by atoms with E-state index in [1.807, 2.05) is 0 Å². The van der Waals surface area contributed by atoms with Crippen molar-refractivity contribution in [2.24, 2.45) is 21.9 Å². The van der Waals surface area contributed by atoms with E-state index in [1.165, 1.54) is 24.3 Å². The number of carbonyl (C=O) groups excluding carboxylic acids is 2. The van der Waals surface area contributed by atoms with E-state index in [1.54, 1.807) is 20.8 Å². The van der Waals surface area contributed by atoms with E-state index in [-0.39, 0.29) is 10.8 Å². The topological polar surface area (TPSA) is 129 Å². The standard InChI is InChI=1S/C16H22N2O5S/c1-15(2)12(8-9-16(15,3)14(20)21)13(19)18-10-4-6-11(7-5-10)24(17,22)23/h4-7,12H,8-9H2,1-3H3,(H,18,19)(H,20,21)(H2,17,22,23)/p-1/t12-,16-/m1/s1. The Bertz CT molecular complexity index is 770. The van der Waals surface area contributed by atoms with Gasteiger partial charge in [0, 0.05) is 23.0 Å². The average molecular weight is 353 g/mol. The summed E-state index contributed by atoms with van der Waals surface area (Å²) in [5, 5.41) is 19.2. The maximum Gasteiger partial charge on any atom is 0.238 e. The zero-order valence-corrected chi connectivity index (χ0v) is 14.6. The molecule has 1 amide bonds. The quantitative estimate of drug-likeness (QED) is 0.812. The van der Waals surface area contributed by atoms with Crippen LogP contribution in [0.1, 0.15) is 33.6 Å². The van der Waals surface area contributed by atoms with E-state index in [0.29, 0.717) is 18.5 Å². The SMILES string of the molecule is CC1(C)[C@@H](C(=O)Nc2ccc(S(N)(=O)=O)cc2)CC[C@]1(C)C(=O)[O-]. The number of carboxylic acid groups (broad SMARTS) is 1. The fourth-order valence-electron chi connectivity index (χ4n) is 3.28. The van der Waals surface area contributed by atoms with Crippen molar-refractivity contribution in [2.45, 2.75) is 38.5 Å². The lowest BCUT2D eigenvalue weighted by atomic mass is 9.65. The van der Waals surface area contributed by atoms with Gasteiger partial charge in [0.05, 0.1) is 4.90 Å². The molecule has 1 aliphatic rings. The number of benzene rings is 1. The first-order valence-electron chi connectivity index (χ1n) is 7.55. The Kier molecular flexibility index (Phi) is 4.49. The van der Waals surface area contributed by atoms with Crippen molar-refractivity contribution < 1.29 is 23.1 Å². The minimum Gasteiger partial charge on any atom is -0.550 e. The van der Waals surface area contributed by atoms with Gasteiger partial charge in [-0.2, -0.15) is 0 Å². The van der Waals surface area contributed by atoms with Gasteiger partial charge in [0.15, 0.2) is 0 Å². The van der Waals surface area contributed by atoms with Gasteiger partial charge in [-0.15, -0.1) is 0 Å². The van der Waals surface area contributed by atoms with Crippen LogP contribution in [0.25, 0.3) is 0 Å². The molecule has 0 saturated heterocycles. The van der Waals surface area contributed by atoms with E-state index in [9.17, 15) is 23.1 Å². The van der Waals surface area contributed by atoms with Gasteiger partial charge < -0.3 is 15.2 Å². The van der Waals surface area contributed by atoms with E-state index >= 15 is 0 Å². The maximum atomic E-state index is 12.6. The number of carbonyl (C=O) groups is 2. The molecule has 7 nitrogen and oxygen atoms in total. The van der Waals surface area contributed by atoms with Gasteiger partial charge in [-0.05, 0) is 42.5 Å². The molecule has 1 aliphatic carbocycles. The maximum absolute atomic E-state index is 12.6. The Balaban J connectivity index is 2.18. The lowest BCUT2D eigenvalue weighted by molar-refractivity contribution is -0.323. The van der Waals surface area contributed by atoms with Crippen LogP contribution in [-0.2, 0) is 19.6 Å². The summed E-state index contributed by atoms with van der Waals surface area (Å²) in [6.45, 7) is 5.12. The molecule has 2 rings (SSSR count). The highest BCUT2D eigenvalue weighted by molar-refractivity contribution is 7.89. The Morgan fingerprint density at radius 3 is 2.17 bits per heavy atom. The molecule has 0 aromatic heterocycles. The first-order valence-corrected chi connectivity index (χ1v) is 9.09. The zero-order chi connectivity index (χ0) is 18.3. The second kappa shape index (κ2) is 5.86. The van der Waals surface area contributed by atoms with Gasteiger partial charge in [-0.3, -0.25) is 4.79 Å². The number of amides is 1. The molecule has 0 aliphatic heterocycles. The molecular formula is C16H21N2O5S-. The number of nitrogens with two attached hydrogens (primary N) is 1. The van der Waals surface area contributed by atoms with Crippen molar-refractivity contribution in [1.29, 1.82) is 0 Å². The molecule has 0 spiro atoms. The summed E-state index contributed by atoms with van der Waals surface area (Å²) in [5.41, 5.74) is -1.42. The van der Waals surface area contributed by atoms with Crippen LogP contribution in [-0.4, -0.2) is 20.3 Å². The highest BCUT2D eigenvalue weighted by Gasteiger charge is 2.54. The van der Waals surface area contributed by atoms with Gasteiger partial charge in [-0.25, -0.2) is 13.6 Å². The molecule has 0 radical (unpaired) electrons. The molecule has 1 aromatic carbocycles. The van der Waals surface area contributed by atoms with Crippen molar-refractivity contribution >= 4 is 27.6 Å². The van der Waals surface area contributed by atoms with E-state index in [2.05, 4.69) is 5.32 Å². The summed E-state index contributed by atoms with van der Waals surface area (Å²) in [7, 11) is -3.79. The highest BCUT2D eigenvalue weighted by Crippen LogP contribution is 2.55. The zero-order valence-electron chi connectivity index (χ0n) is 13.8. The van der Waals surface area contributed by atoms with Crippen LogP contribution < -0.4 is 15.6 Å². The van der Waals surface area contributed by atoms with Crippen LogP contribution in [0.3, 0.4) is 0 Å². The molecule has 1 saturated carbocycles. The highest BCUT2D eigenvalue weighted by atomic mass is 32.2. The second-order valence-electron chi connectivity index (χ2n) is 6.99. The number of carboxylic acids is 1. The van der Waals surface area contributed by atoms with E-state index in [4.69, 9.17) is 5.14 Å². The summed E-state index contributed by atoms with van der Waals surface area (Å²) in [4.78, 5) is 24.0. The van der Waals surface area contributed by atoms with Crippen molar-refractivity contribution in [3.05, 3.63) is 24.3 Å².